The van der Waals surface area contributed by atoms with E-state index in [4.69, 9.17) is 11.6 Å². The van der Waals surface area contributed by atoms with Crippen molar-refractivity contribution in [3.05, 3.63) is 17.3 Å². The monoisotopic (exact) mass is 237 g/mol. The summed E-state index contributed by atoms with van der Waals surface area (Å²) < 4.78 is 0. The number of fused-ring (bicyclic) bond motifs is 1. The highest BCUT2D eigenvalue weighted by atomic mass is 35.5. The summed E-state index contributed by atoms with van der Waals surface area (Å²) in [5, 5.41) is 6.69. The minimum Gasteiger partial charge on any atom is -0.365 e. The lowest BCUT2D eigenvalue weighted by atomic mass is 10.1. The fourth-order valence-electron chi connectivity index (χ4n) is 2.06. The van der Waals surface area contributed by atoms with E-state index in [2.05, 4.69) is 15.6 Å². The molecule has 1 atom stereocenters. The van der Waals surface area contributed by atoms with Gasteiger partial charge in [0.25, 0.3) is 0 Å². The average Bonchev–Trinajstić information content (AvgIpc) is 3.02. The number of anilines is 2. The van der Waals surface area contributed by atoms with Crippen LogP contribution < -0.4 is 10.6 Å². The molecule has 0 spiro atoms. The summed E-state index contributed by atoms with van der Waals surface area (Å²) in [6.45, 7) is 0. The van der Waals surface area contributed by atoms with Crippen molar-refractivity contribution in [1.29, 1.82) is 0 Å². The van der Waals surface area contributed by atoms with Crippen LogP contribution in [0.2, 0.25) is 5.02 Å². The topological polar surface area (TPSA) is 54.0 Å². The van der Waals surface area contributed by atoms with Crippen LogP contribution in [0.15, 0.2) is 12.3 Å². The van der Waals surface area contributed by atoms with Crippen LogP contribution in [-0.4, -0.2) is 16.9 Å². The molecular weight excluding hydrogens is 226 g/mol. The van der Waals surface area contributed by atoms with Gasteiger partial charge in [0, 0.05) is 18.7 Å². The van der Waals surface area contributed by atoms with Gasteiger partial charge in [-0.15, -0.1) is 0 Å². The number of hydrogen-bond donors (Lipinski definition) is 2. The molecule has 1 aliphatic heterocycles. The summed E-state index contributed by atoms with van der Waals surface area (Å²) >= 11 is 5.85. The minimum absolute atomic E-state index is 0.0345. The lowest BCUT2D eigenvalue weighted by Gasteiger charge is -2.14. The Balaban J connectivity index is 1.94. The molecule has 2 heterocycles. The predicted molar refractivity (Wildman–Crippen MR) is 62.6 cm³/mol. The fraction of sp³-hybridized carbons (Fsp3) is 0.455. The number of rotatable bonds is 1. The third kappa shape index (κ3) is 1.85. The molecular formula is C11H12ClN3O. The van der Waals surface area contributed by atoms with Gasteiger partial charge in [0.15, 0.2) is 0 Å². The number of carbonyl (C=O) groups is 1. The van der Waals surface area contributed by atoms with Gasteiger partial charge in [-0.25, -0.2) is 4.98 Å². The second-order valence-corrected chi connectivity index (χ2v) is 4.83. The van der Waals surface area contributed by atoms with Gasteiger partial charge in [-0.2, -0.15) is 0 Å². The average molecular weight is 238 g/mol. The largest absolute Gasteiger partial charge is 0.365 e. The summed E-state index contributed by atoms with van der Waals surface area (Å²) in [5.41, 5.74) is 0.681. The summed E-state index contributed by atoms with van der Waals surface area (Å²) in [6.07, 6.45) is 4.51. The van der Waals surface area contributed by atoms with E-state index in [0.717, 1.165) is 5.82 Å². The Morgan fingerprint density at radius 1 is 1.44 bits per heavy atom. The van der Waals surface area contributed by atoms with E-state index in [-0.39, 0.29) is 11.9 Å². The molecule has 5 heteroatoms. The van der Waals surface area contributed by atoms with Crippen LogP contribution in [-0.2, 0) is 4.79 Å². The zero-order valence-corrected chi connectivity index (χ0v) is 9.42. The molecule has 0 bridgehead atoms. The molecule has 1 saturated carbocycles. The van der Waals surface area contributed by atoms with Crippen molar-refractivity contribution in [3.8, 4) is 0 Å². The van der Waals surface area contributed by atoms with E-state index in [1.54, 1.807) is 12.3 Å². The molecule has 1 aromatic heterocycles. The van der Waals surface area contributed by atoms with Crippen molar-refractivity contribution in [2.75, 3.05) is 10.6 Å². The molecule has 0 saturated heterocycles. The van der Waals surface area contributed by atoms with E-state index in [1.807, 2.05) is 0 Å². The summed E-state index contributed by atoms with van der Waals surface area (Å²) in [6, 6.07) is 1.94. The van der Waals surface area contributed by atoms with Gasteiger partial charge in [0.05, 0.1) is 10.7 Å². The van der Waals surface area contributed by atoms with Gasteiger partial charge in [0.2, 0.25) is 5.91 Å². The number of nitrogens with one attached hydrogen (secondary N) is 2. The van der Waals surface area contributed by atoms with Crippen LogP contribution in [0.3, 0.4) is 0 Å². The molecule has 84 valence electrons. The first-order valence-corrected chi connectivity index (χ1v) is 5.82. The lowest BCUT2D eigenvalue weighted by Crippen LogP contribution is -2.24. The summed E-state index contributed by atoms with van der Waals surface area (Å²) in [5.74, 6) is 1.38. The van der Waals surface area contributed by atoms with Gasteiger partial charge in [-0.3, -0.25) is 4.79 Å². The van der Waals surface area contributed by atoms with Crippen LogP contribution in [0, 0.1) is 5.92 Å². The Hall–Kier alpha value is -1.29. The lowest BCUT2D eigenvalue weighted by molar-refractivity contribution is -0.116. The van der Waals surface area contributed by atoms with Crippen LogP contribution in [0.1, 0.15) is 19.3 Å². The molecule has 1 fully saturated rings. The maximum Gasteiger partial charge on any atom is 0.226 e. The molecule has 4 nitrogen and oxygen atoms in total. The highest BCUT2D eigenvalue weighted by Gasteiger charge is 2.34. The second-order valence-electron chi connectivity index (χ2n) is 4.39. The number of hydrogen-bond acceptors (Lipinski definition) is 3. The Kier molecular flexibility index (Phi) is 2.24. The number of halogens is 1. The van der Waals surface area contributed by atoms with E-state index in [0.29, 0.717) is 23.0 Å². The van der Waals surface area contributed by atoms with Crippen molar-refractivity contribution in [2.45, 2.75) is 25.3 Å². The highest BCUT2D eigenvalue weighted by Crippen LogP contribution is 2.38. The molecule has 3 rings (SSSR count). The van der Waals surface area contributed by atoms with Crippen LogP contribution in [0.25, 0.3) is 0 Å². The number of pyridine rings is 1. The van der Waals surface area contributed by atoms with Gasteiger partial charge in [0.1, 0.15) is 5.82 Å². The minimum atomic E-state index is 0.0345. The normalized spacial score (nSPS) is 24.1. The third-order valence-electron chi connectivity index (χ3n) is 3.05. The molecule has 1 aliphatic carbocycles. The van der Waals surface area contributed by atoms with E-state index < -0.39 is 0 Å². The van der Waals surface area contributed by atoms with Crippen molar-refractivity contribution in [3.63, 3.8) is 0 Å². The maximum atomic E-state index is 11.7. The van der Waals surface area contributed by atoms with Crippen LogP contribution >= 0.6 is 11.6 Å². The Bertz CT molecular complexity index is 445. The quantitative estimate of drug-likeness (QED) is 0.788. The van der Waals surface area contributed by atoms with Crippen molar-refractivity contribution < 1.29 is 4.79 Å². The highest BCUT2D eigenvalue weighted by molar-refractivity contribution is 6.30. The zero-order chi connectivity index (χ0) is 11.1. The van der Waals surface area contributed by atoms with Crippen LogP contribution in [0.4, 0.5) is 11.5 Å². The van der Waals surface area contributed by atoms with E-state index in [1.165, 1.54) is 12.8 Å². The zero-order valence-electron chi connectivity index (χ0n) is 8.66. The molecule has 1 aromatic rings. The first-order valence-electron chi connectivity index (χ1n) is 5.44. The Morgan fingerprint density at radius 3 is 3.00 bits per heavy atom. The number of nitrogens with zero attached hydrogens (tertiary/aromatic N) is 1. The first-order chi connectivity index (χ1) is 7.72. The van der Waals surface area contributed by atoms with Crippen molar-refractivity contribution >= 4 is 29.0 Å². The van der Waals surface area contributed by atoms with Crippen molar-refractivity contribution in [2.24, 2.45) is 5.92 Å². The smallest absolute Gasteiger partial charge is 0.226 e. The van der Waals surface area contributed by atoms with E-state index in [9.17, 15) is 4.79 Å². The molecule has 1 amide bonds. The Labute approximate surface area is 98.4 Å². The van der Waals surface area contributed by atoms with Gasteiger partial charge >= 0.3 is 0 Å². The molecule has 1 unspecified atom stereocenters. The Morgan fingerprint density at radius 2 is 2.25 bits per heavy atom. The summed E-state index contributed by atoms with van der Waals surface area (Å²) in [7, 11) is 0. The van der Waals surface area contributed by atoms with Gasteiger partial charge < -0.3 is 10.6 Å². The molecule has 16 heavy (non-hydrogen) atoms. The molecule has 2 N–H and O–H groups in total. The van der Waals surface area contributed by atoms with E-state index >= 15 is 0 Å². The number of amides is 1. The molecule has 0 aromatic carbocycles. The van der Waals surface area contributed by atoms with Crippen molar-refractivity contribution in [1.82, 2.24) is 4.98 Å². The first kappa shape index (κ1) is 9.90. The van der Waals surface area contributed by atoms with Crippen LogP contribution in [0.5, 0.6) is 0 Å². The summed E-state index contributed by atoms with van der Waals surface area (Å²) in [4.78, 5) is 15.9. The van der Waals surface area contributed by atoms with Gasteiger partial charge in [-0.05, 0) is 24.8 Å². The molecule has 0 radical (unpaired) electrons. The number of carbonyl (C=O) groups excluding carboxylic acids is 1. The SMILES string of the molecule is O=C1CC(C2CC2)Nc2ncc(Cl)cc2N1. The number of aromatic nitrogens is 1. The fourth-order valence-corrected chi connectivity index (χ4v) is 2.22. The standard InChI is InChI=1S/C11H12ClN3O/c12-7-3-9-11(13-5-7)15-8(6-1-2-6)4-10(16)14-9/h3,5-6,8H,1-2,4H2,(H,13,15)(H,14,16). The maximum absolute atomic E-state index is 11.7. The predicted octanol–water partition coefficient (Wildman–Crippen LogP) is 2.27. The second kappa shape index (κ2) is 3.63. The third-order valence-corrected chi connectivity index (χ3v) is 3.25. The molecule has 2 aliphatic rings. The van der Waals surface area contributed by atoms with Gasteiger partial charge in [-0.1, -0.05) is 11.6 Å².